The highest BCUT2D eigenvalue weighted by molar-refractivity contribution is 7.89. The number of hydrogen-bond acceptors (Lipinski definition) is 7. The summed E-state index contributed by atoms with van der Waals surface area (Å²) in [5.41, 5.74) is -0.936. The van der Waals surface area contributed by atoms with E-state index in [4.69, 9.17) is 4.74 Å². The highest BCUT2D eigenvalue weighted by Gasteiger charge is 2.33. The fourth-order valence-corrected chi connectivity index (χ4v) is 4.74. The predicted octanol–water partition coefficient (Wildman–Crippen LogP) is 3.02. The van der Waals surface area contributed by atoms with Gasteiger partial charge in [0.05, 0.1) is 15.3 Å². The van der Waals surface area contributed by atoms with E-state index in [0.717, 1.165) is 0 Å². The Hall–Kier alpha value is -2.91. The molecule has 0 saturated carbocycles. The molecule has 190 valence electrons. The van der Waals surface area contributed by atoms with Gasteiger partial charge in [-0.25, -0.2) is 13.5 Å². The van der Waals surface area contributed by atoms with E-state index in [-0.39, 0.29) is 30.4 Å². The molecule has 11 heteroatoms. The first-order valence-electron chi connectivity index (χ1n) is 10.9. The fraction of sp³-hybridized carbons (Fsp3) is 0.417. The zero-order valence-electron chi connectivity index (χ0n) is 20.2. The molecular weight excluding hydrogens is 490 g/mol. The van der Waals surface area contributed by atoms with Gasteiger partial charge in [-0.3, -0.25) is 14.8 Å². The number of nitrogens with zero attached hydrogens (tertiary/aromatic N) is 1. The number of hydroxylamine groups is 2. The molecule has 9 nitrogen and oxygen atoms in total. The van der Waals surface area contributed by atoms with Crippen molar-refractivity contribution in [2.24, 2.45) is 0 Å². The van der Waals surface area contributed by atoms with Gasteiger partial charge in [0.25, 0.3) is 11.8 Å². The van der Waals surface area contributed by atoms with Crippen LogP contribution >= 0.6 is 11.3 Å². The molecule has 0 spiro atoms. The van der Waals surface area contributed by atoms with Crippen molar-refractivity contribution in [2.45, 2.75) is 57.0 Å². The summed E-state index contributed by atoms with van der Waals surface area (Å²) in [6, 6.07) is 7.94. The van der Waals surface area contributed by atoms with Crippen molar-refractivity contribution in [3.63, 3.8) is 0 Å². The Kier molecular flexibility index (Phi) is 10.3. The van der Waals surface area contributed by atoms with Crippen molar-refractivity contribution >= 4 is 33.2 Å². The molecule has 0 bridgehead atoms. The van der Waals surface area contributed by atoms with E-state index in [0.29, 0.717) is 22.1 Å². The molecule has 0 unspecified atom stereocenters. The van der Waals surface area contributed by atoms with E-state index >= 15 is 0 Å². The van der Waals surface area contributed by atoms with Crippen LogP contribution in [0.2, 0.25) is 0 Å². The molecule has 0 aliphatic heterocycles. The van der Waals surface area contributed by atoms with Gasteiger partial charge in [-0.05, 0) is 76.2 Å². The average Bonchev–Trinajstić information content (AvgIpc) is 3.35. The lowest BCUT2D eigenvalue weighted by molar-refractivity contribution is -0.188. The third-order valence-corrected chi connectivity index (χ3v) is 7.12. The van der Waals surface area contributed by atoms with Gasteiger partial charge in [-0.15, -0.1) is 17.3 Å². The lowest BCUT2D eigenvalue weighted by Crippen LogP contribution is -2.53. The molecular formula is C24H31N3O6S2. The molecule has 0 saturated heterocycles. The summed E-state index contributed by atoms with van der Waals surface area (Å²) in [6.45, 7) is 6.97. The summed E-state index contributed by atoms with van der Waals surface area (Å²) in [7, 11) is -4.09. The molecule has 2 aromatic rings. The maximum atomic E-state index is 13.0. The minimum atomic E-state index is -4.09. The van der Waals surface area contributed by atoms with Gasteiger partial charge in [0.15, 0.2) is 0 Å². The summed E-state index contributed by atoms with van der Waals surface area (Å²) in [5.74, 6) is 4.87. The number of sulfonamides is 1. The Balaban J connectivity index is 2.10. The molecule has 1 aromatic heterocycles. The normalized spacial score (nSPS) is 12.3. The number of carbonyl (C=O) groups excluding carboxylic acids is 2. The maximum Gasteiger partial charge on any atom is 0.264 e. The van der Waals surface area contributed by atoms with Crippen molar-refractivity contribution in [3.8, 4) is 17.6 Å². The van der Waals surface area contributed by atoms with E-state index in [1.165, 1.54) is 35.6 Å². The highest BCUT2D eigenvalue weighted by atomic mass is 32.2. The second-order valence-corrected chi connectivity index (χ2v) is 11.2. The van der Waals surface area contributed by atoms with E-state index < -0.39 is 27.5 Å². The van der Waals surface area contributed by atoms with Gasteiger partial charge in [0.1, 0.15) is 18.4 Å². The molecule has 1 atom stereocenters. The predicted molar refractivity (Wildman–Crippen MR) is 134 cm³/mol. The number of thiophene rings is 1. The number of benzene rings is 1. The Morgan fingerprint density at radius 1 is 1.20 bits per heavy atom. The quantitative estimate of drug-likeness (QED) is 0.181. The minimum Gasteiger partial charge on any atom is -0.481 e. The van der Waals surface area contributed by atoms with Crippen LogP contribution in [-0.4, -0.2) is 55.2 Å². The summed E-state index contributed by atoms with van der Waals surface area (Å²) in [6.07, 6.45) is 0.367. The Labute approximate surface area is 210 Å². The summed E-state index contributed by atoms with van der Waals surface area (Å²) < 4.78 is 33.8. The van der Waals surface area contributed by atoms with Crippen molar-refractivity contribution in [1.29, 1.82) is 0 Å². The van der Waals surface area contributed by atoms with Crippen LogP contribution in [-0.2, 0) is 14.8 Å². The third-order valence-electron chi connectivity index (χ3n) is 4.76. The number of carbonyl (C=O) groups is 2. The Bertz CT molecular complexity index is 1140. The van der Waals surface area contributed by atoms with E-state index in [2.05, 4.69) is 21.9 Å². The smallest absolute Gasteiger partial charge is 0.264 e. The highest BCUT2D eigenvalue weighted by Crippen LogP contribution is 2.19. The van der Waals surface area contributed by atoms with Crippen molar-refractivity contribution in [2.75, 3.05) is 13.2 Å². The lowest BCUT2D eigenvalue weighted by Gasteiger charge is -2.32. The van der Waals surface area contributed by atoms with Crippen LogP contribution in [0.15, 0.2) is 46.7 Å². The van der Waals surface area contributed by atoms with Crippen LogP contribution in [0, 0.1) is 11.8 Å². The largest absolute Gasteiger partial charge is 0.481 e. The molecule has 1 aromatic carbocycles. The lowest BCUT2D eigenvalue weighted by atomic mass is 10.1. The number of amides is 2. The standard InChI is InChI=1S/C24H31N3O6S2/c1-5-6-16-33-18-11-13-19(14-12-18)35(31,32)26-20(23(29)27(30)24(2,3)4)9-7-15-25-22(28)21-10-8-17-34-21/h8,10-14,17,20,26,30H,7,9,15-16H2,1-4H3,(H,25,28)/t20-/m1/s1. The van der Waals surface area contributed by atoms with Crippen LogP contribution < -0.4 is 14.8 Å². The maximum absolute atomic E-state index is 13.0. The Morgan fingerprint density at radius 3 is 2.46 bits per heavy atom. The van der Waals surface area contributed by atoms with Gasteiger partial charge < -0.3 is 10.1 Å². The molecule has 2 rings (SSSR count). The van der Waals surface area contributed by atoms with Crippen LogP contribution in [0.25, 0.3) is 0 Å². The van der Waals surface area contributed by atoms with Crippen LogP contribution in [0.4, 0.5) is 0 Å². The topological polar surface area (TPSA) is 125 Å². The summed E-state index contributed by atoms with van der Waals surface area (Å²) in [5, 5.41) is 15.4. The second-order valence-electron chi connectivity index (χ2n) is 8.56. The van der Waals surface area contributed by atoms with E-state index in [1.807, 2.05) is 0 Å². The molecule has 0 fully saturated rings. The SMILES string of the molecule is CC#CCOc1ccc(S(=O)(=O)N[C@H](CCCNC(=O)c2cccs2)C(=O)N(O)C(C)(C)C)cc1. The van der Waals surface area contributed by atoms with Crippen LogP contribution in [0.5, 0.6) is 5.75 Å². The molecule has 35 heavy (non-hydrogen) atoms. The Morgan fingerprint density at radius 2 is 1.89 bits per heavy atom. The number of nitrogens with one attached hydrogen (secondary N) is 2. The zero-order chi connectivity index (χ0) is 26.1. The van der Waals surface area contributed by atoms with E-state index in [9.17, 15) is 23.2 Å². The van der Waals surface area contributed by atoms with Crippen molar-refractivity contribution < 1.29 is 28.0 Å². The molecule has 0 aliphatic carbocycles. The number of ether oxygens (including phenoxy) is 1. The number of rotatable bonds is 11. The molecule has 2 amide bonds. The molecule has 3 N–H and O–H groups in total. The summed E-state index contributed by atoms with van der Waals surface area (Å²) in [4.78, 5) is 25.5. The van der Waals surface area contributed by atoms with Crippen LogP contribution in [0.1, 0.15) is 50.2 Å². The minimum absolute atomic E-state index is 0.0597. The third kappa shape index (κ3) is 8.67. The molecule has 0 aliphatic rings. The summed E-state index contributed by atoms with van der Waals surface area (Å²) >= 11 is 1.31. The first kappa shape index (κ1) is 28.3. The molecule has 0 radical (unpaired) electrons. The molecule has 1 heterocycles. The monoisotopic (exact) mass is 521 g/mol. The first-order valence-corrected chi connectivity index (χ1v) is 13.3. The van der Waals surface area contributed by atoms with E-state index in [1.54, 1.807) is 45.2 Å². The fourth-order valence-electron chi connectivity index (χ4n) is 2.88. The van der Waals surface area contributed by atoms with Gasteiger partial charge in [0.2, 0.25) is 10.0 Å². The van der Waals surface area contributed by atoms with Gasteiger partial charge in [-0.1, -0.05) is 12.0 Å². The first-order chi connectivity index (χ1) is 16.5. The van der Waals surface area contributed by atoms with Crippen molar-refractivity contribution in [3.05, 3.63) is 46.7 Å². The van der Waals surface area contributed by atoms with Crippen LogP contribution in [0.3, 0.4) is 0 Å². The van der Waals surface area contributed by atoms with Gasteiger partial charge in [0, 0.05) is 6.54 Å². The average molecular weight is 522 g/mol. The number of hydrogen-bond donors (Lipinski definition) is 3. The zero-order valence-corrected chi connectivity index (χ0v) is 21.8. The second kappa shape index (κ2) is 12.7. The van der Waals surface area contributed by atoms with Crippen molar-refractivity contribution in [1.82, 2.24) is 15.1 Å². The van der Waals surface area contributed by atoms with Gasteiger partial charge in [-0.2, -0.15) is 4.72 Å². The van der Waals surface area contributed by atoms with Gasteiger partial charge >= 0.3 is 0 Å².